The summed E-state index contributed by atoms with van der Waals surface area (Å²) in [6, 6.07) is 4.72. The van der Waals surface area contributed by atoms with Gasteiger partial charge in [0.25, 0.3) is 0 Å². The van der Waals surface area contributed by atoms with Gasteiger partial charge in [-0.25, -0.2) is 4.79 Å². The normalized spacial score (nSPS) is 12.5. The van der Waals surface area contributed by atoms with Crippen molar-refractivity contribution in [2.24, 2.45) is 5.92 Å². The summed E-state index contributed by atoms with van der Waals surface area (Å²) in [4.78, 5) is 11.1. The average Bonchev–Trinajstić information content (AvgIpc) is 2.26. The number of carboxylic acid groups (broad SMARTS) is 1. The Hall–Kier alpha value is -0.930. The molecule has 0 fully saturated rings. The van der Waals surface area contributed by atoms with Crippen LogP contribution in [0.3, 0.4) is 0 Å². The fourth-order valence-corrected chi connectivity index (χ4v) is 1.89. The fourth-order valence-electron chi connectivity index (χ4n) is 1.44. The first-order valence-corrected chi connectivity index (χ1v) is 6.50. The number of benzene rings is 1. The number of hydrogen-bond donors (Lipinski definition) is 1. The molecule has 0 heterocycles. The van der Waals surface area contributed by atoms with Crippen molar-refractivity contribution in [3.05, 3.63) is 28.2 Å². The summed E-state index contributed by atoms with van der Waals surface area (Å²) in [5.74, 6) is -0.213. The second kappa shape index (κ2) is 6.86. The highest BCUT2D eigenvalue weighted by Crippen LogP contribution is 2.29. The average molecular weight is 291 g/mol. The molecule has 0 radical (unpaired) electrons. The van der Waals surface area contributed by atoms with Crippen LogP contribution < -0.4 is 4.74 Å². The lowest BCUT2D eigenvalue weighted by molar-refractivity contribution is -0.145. The van der Waals surface area contributed by atoms with Crippen molar-refractivity contribution < 1.29 is 14.6 Å². The molecule has 1 N–H and O–H groups in total. The van der Waals surface area contributed by atoms with Crippen LogP contribution in [0, 0.1) is 5.92 Å². The topological polar surface area (TPSA) is 46.5 Å². The molecule has 0 saturated heterocycles. The molecule has 5 heteroatoms. The Morgan fingerprint density at radius 2 is 2.00 bits per heavy atom. The molecule has 3 nitrogen and oxygen atoms in total. The zero-order valence-electron chi connectivity index (χ0n) is 10.3. The first-order chi connectivity index (χ1) is 8.40. The van der Waals surface area contributed by atoms with Gasteiger partial charge in [0.1, 0.15) is 5.75 Å². The molecule has 1 aromatic carbocycles. The van der Waals surface area contributed by atoms with Crippen LogP contribution in [0.25, 0.3) is 0 Å². The van der Waals surface area contributed by atoms with Crippen molar-refractivity contribution >= 4 is 29.2 Å². The lowest BCUT2D eigenvalue weighted by Crippen LogP contribution is -2.27. The van der Waals surface area contributed by atoms with Crippen LogP contribution in [0.15, 0.2) is 18.2 Å². The largest absolute Gasteiger partial charge is 0.479 e. The Morgan fingerprint density at radius 1 is 1.33 bits per heavy atom. The van der Waals surface area contributed by atoms with Crippen LogP contribution >= 0.6 is 23.2 Å². The third kappa shape index (κ3) is 4.75. The smallest absolute Gasteiger partial charge is 0.344 e. The zero-order chi connectivity index (χ0) is 13.7. The number of carbonyl (C=O) groups is 1. The van der Waals surface area contributed by atoms with Gasteiger partial charge in [0.15, 0.2) is 6.10 Å². The summed E-state index contributed by atoms with van der Waals surface area (Å²) in [5.41, 5.74) is 0. The van der Waals surface area contributed by atoms with E-state index in [-0.39, 0.29) is 0 Å². The quantitative estimate of drug-likeness (QED) is 0.851. The molecule has 100 valence electrons. The lowest BCUT2D eigenvalue weighted by atomic mass is 10.1. The minimum Gasteiger partial charge on any atom is -0.479 e. The van der Waals surface area contributed by atoms with E-state index in [0.29, 0.717) is 28.1 Å². The van der Waals surface area contributed by atoms with E-state index in [0.717, 1.165) is 6.42 Å². The second-order valence-electron chi connectivity index (χ2n) is 4.49. The van der Waals surface area contributed by atoms with Gasteiger partial charge in [-0.1, -0.05) is 37.0 Å². The minimum absolute atomic E-state index is 0.318. The monoisotopic (exact) mass is 290 g/mol. The SMILES string of the molecule is CC(C)CCC(Oc1ccc(Cl)cc1Cl)C(=O)O. The predicted octanol–water partition coefficient (Wildman–Crippen LogP) is 4.26. The van der Waals surface area contributed by atoms with Crippen molar-refractivity contribution in [2.75, 3.05) is 0 Å². The third-order valence-corrected chi connectivity index (χ3v) is 2.98. The van der Waals surface area contributed by atoms with Gasteiger partial charge in [0, 0.05) is 5.02 Å². The van der Waals surface area contributed by atoms with Crippen LogP contribution in [0.2, 0.25) is 10.0 Å². The molecule has 1 rings (SSSR count). The predicted molar refractivity (Wildman–Crippen MR) is 72.6 cm³/mol. The van der Waals surface area contributed by atoms with Crippen LogP contribution in [-0.4, -0.2) is 17.2 Å². The molecule has 0 bridgehead atoms. The minimum atomic E-state index is -0.985. The van der Waals surface area contributed by atoms with E-state index in [1.807, 2.05) is 13.8 Å². The molecule has 0 aromatic heterocycles. The van der Waals surface area contributed by atoms with E-state index < -0.39 is 12.1 Å². The summed E-state index contributed by atoms with van der Waals surface area (Å²) < 4.78 is 5.42. The summed E-state index contributed by atoms with van der Waals surface area (Å²) >= 11 is 11.7. The van der Waals surface area contributed by atoms with Crippen molar-refractivity contribution in [3.63, 3.8) is 0 Å². The third-order valence-electron chi connectivity index (χ3n) is 2.44. The van der Waals surface area contributed by atoms with E-state index >= 15 is 0 Å². The highest BCUT2D eigenvalue weighted by atomic mass is 35.5. The van der Waals surface area contributed by atoms with Crippen LogP contribution in [0.5, 0.6) is 5.75 Å². The van der Waals surface area contributed by atoms with E-state index in [9.17, 15) is 4.79 Å². The first kappa shape index (κ1) is 15.1. The maximum Gasteiger partial charge on any atom is 0.344 e. The molecular weight excluding hydrogens is 275 g/mol. The van der Waals surface area contributed by atoms with Gasteiger partial charge in [-0.05, 0) is 37.0 Å². The van der Waals surface area contributed by atoms with Crippen molar-refractivity contribution in [3.8, 4) is 5.75 Å². The summed E-state index contributed by atoms with van der Waals surface area (Å²) in [7, 11) is 0. The van der Waals surface area contributed by atoms with Crippen molar-refractivity contribution in [2.45, 2.75) is 32.8 Å². The first-order valence-electron chi connectivity index (χ1n) is 5.74. The van der Waals surface area contributed by atoms with Gasteiger partial charge in [-0.3, -0.25) is 0 Å². The van der Waals surface area contributed by atoms with Gasteiger partial charge in [0.05, 0.1) is 5.02 Å². The molecule has 0 spiro atoms. The van der Waals surface area contributed by atoms with E-state index in [2.05, 4.69) is 0 Å². The van der Waals surface area contributed by atoms with Gasteiger partial charge in [-0.2, -0.15) is 0 Å². The molecule has 0 aliphatic rings. The van der Waals surface area contributed by atoms with Gasteiger partial charge >= 0.3 is 5.97 Å². The van der Waals surface area contributed by atoms with Crippen LogP contribution in [0.1, 0.15) is 26.7 Å². The second-order valence-corrected chi connectivity index (χ2v) is 5.33. The molecule has 0 aliphatic heterocycles. The maximum absolute atomic E-state index is 11.1. The van der Waals surface area contributed by atoms with Crippen LogP contribution in [0.4, 0.5) is 0 Å². The Labute approximate surface area is 117 Å². The maximum atomic E-state index is 11.1. The molecule has 1 aromatic rings. The molecule has 18 heavy (non-hydrogen) atoms. The van der Waals surface area contributed by atoms with E-state index in [1.54, 1.807) is 12.1 Å². The van der Waals surface area contributed by atoms with Gasteiger partial charge < -0.3 is 9.84 Å². The Balaban J connectivity index is 2.73. The van der Waals surface area contributed by atoms with E-state index in [1.165, 1.54) is 6.07 Å². The van der Waals surface area contributed by atoms with Gasteiger partial charge in [0.2, 0.25) is 0 Å². The zero-order valence-corrected chi connectivity index (χ0v) is 11.8. The molecular formula is C13H16Cl2O3. The highest BCUT2D eigenvalue weighted by molar-refractivity contribution is 6.35. The Morgan fingerprint density at radius 3 is 2.50 bits per heavy atom. The lowest BCUT2D eigenvalue weighted by Gasteiger charge is -2.17. The Bertz CT molecular complexity index is 419. The molecule has 0 aliphatic carbocycles. The summed E-state index contributed by atoms with van der Waals surface area (Å²) in [6.45, 7) is 4.07. The van der Waals surface area contributed by atoms with Crippen molar-refractivity contribution in [1.82, 2.24) is 0 Å². The standard InChI is InChI=1S/C13H16Cl2O3/c1-8(2)3-5-12(13(16)17)18-11-6-4-9(14)7-10(11)15/h4,6-8,12H,3,5H2,1-2H3,(H,16,17). The number of aliphatic carboxylic acids is 1. The van der Waals surface area contributed by atoms with Gasteiger partial charge in [-0.15, -0.1) is 0 Å². The molecule has 0 amide bonds. The number of rotatable bonds is 6. The summed E-state index contributed by atoms with van der Waals surface area (Å²) in [6.07, 6.45) is 0.347. The van der Waals surface area contributed by atoms with Crippen LogP contribution in [-0.2, 0) is 4.79 Å². The Kier molecular flexibility index (Phi) is 5.76. The highest BCUT2D eigenvalue weighted by Gasteiger charge is 2.20. The van der Waals surface area contributed by atoms with Crippen molar-refractivity contribution in [1.29, 1.82) is 0 Å². The molecule has 1 unspecified atom stereocenters. The number of ether oxygens (including phenoxy) is 1. The number of halogens is 2. The fraction of sp³-hybridized carbons (Fsp3) is 0.462. The number of carboxylic acids is 1. The molecule has 0 saturated carbocycles. The van der Waals surface area contributed by atoms with E-state index in [4.69, 9.17) is 33.0 Å². The molecule has 1 atom stereocenters. The summed E-state index contributed by atoms with van der Waals surface area (Å²) in [5, 5.41) is 9.90. The number of hydrogen-bond acceptors (Lipinski definition) is 2.